The Labute approximate surface area is 423 Å². The van der Waals surface area contributed by atoms with Crippen LogP contribution in [0.5, 0.6) is 0 Å². The molecule has 23 nitrogen and oxygen atoms in total. The number of ether oxygens (including phenoxy) is 2. The minimum atomic E-state index is -0.971. The van der Waals surface area contributed by atoms with Gasteiger partial charge in [0.05, 0.1) is 28.8 Å². The number of nitrogens with one attached hydrogen (secondary N) is 3. The number of anilines is 2. The summed E-state index contributed by atoms with van der Waals surface area (Å²) >= 11 is 0. The Morgan fingerprint density at radius 1 is 0.603 bits per heavy atom. The lowest BCUT2D eigenvalue weighted by Gasteiger charge is -2.37. The summed E-state index contributed by atoms with van der Waals surface area (Å²) in [5.41, 5.74) is 1.89. The smallest absolute Gasteiger partial charge is 0.410 e. The van der Waals surface area contributed by atoms with Crippen molar-refractivity contribution in [2.45, 2.75) is 90.5 Å². The number of hydrogen-bond donors (Lipinski definition) is 3. The topological polar surface area (TPSA) is 265 Å². The number of hydrogen-bond acceptors (Lipinski definition) is 17. The summed E-state index contributed by atoms with van der Waals surface area (Å²) in [4.78, 5) is 143. The number of carbonyl (C=O) groups excluding carboxylic acids is 11. The van der Waals surface area contributed by atoms with Gasteiger partial charge in [-0.2, -0.15) is 0 Å². The van der Waals surface area contributed by atoms with Crippen LogP contribution in [0.2, 0.25) is 0 Å². The molecule has 6 heterocycles. The minimum absolute atomic E-state index is 0.0644. The van der Waals surface area contributed by atoms with Crippen LogP contribution in [0.1, 0.15) is 109 Å². The van der Waals surface area contributed by atoms with E-state index in [1.54, 1.807) is 57.0 Å². The van der Waals surface area contributed by atoms with Gasteiger partial charge >= 0.3 is 12.2 Å². The third kappa shape index (κ3) is 13.6. The van der Waals surface area contributed by atoms with E-state index in [0.29, 0.717) is 24.0 Å². The predicted molar refractivity (Wildman–Crippen MR) is 264 cm³/mol. The molecule has 2 aromatic rings. The van der Waals surface area contributed by atoms with Gasteiger partial charge < -0.3 is 39.2 Å². The molecule has 0 spiro atoms. The third-order valence-electron chi connectivity index (χ3n) is 12.6. The van der Waals surface area contributed by atoms with Crippen molar-refractivity contribution in [2.75, 3.05) is 95.9 Å². The quantitative estimate of drug-likeness (QED) is 0.238. The number of piperazine rings is 2. The lowest BCUT2D eigenvalue weighted by molar-refractivity contribution is -0.137. The van der Waals surface area contributed by atoms with Crippen LogP contribution in [0.25, 0.3) is 0 Å². The first-order chi connectivity index (χ1) is 34.4. The van der Waals surface area contributed by atoms with Crippen LogP contribution in [-0.2, 0) is 33.4 Å². The van der Waals surface area contributed by atoms with Crippen molar-refractivity contribution in [2.24, 2.45) is 0 Å². The number of carbonyl (C=O) groups is 11. The molecule has 4 saturated heterocycles. The van der Waals surface area contributed by atoms with E-state index >= 15 is 0 Å². The summed E-state index contributed by atoms with van der Waals surface area (Å²) in [6.07, 6.45) is 0.348. The second-order valence-electron chi connectivity index (χ2n) is 20.3. The number of imide groups is 4. The highest BCUT2D eigenvalue weighted by Gasteiger charge is 2.46. The van der Waals surface area contributed by atoms with Crippen molar-refractivity contribution in [1.29, 1.82) is 0 Å². The summed E-state index contributed by atoms with van der Waals surface area (Å²) in [7, 11) is 3.24. The largest absolute Gasteiger partial charge is 0.444 e. The van der Waals surface area contributed by atoms with Crippen LogP contribution in [0, 0.1) is 0 Å². The van der Waals surface area contributed by atoms with Crippen LogP contribution in [0.3, 0.4) is 0 Å². The zero-order valence-corrected chi connectivity index (χ0v) is 42.7. The van der Waals surface area contributed by atoms with E-state index in [1.165, 1.54) is 11.9 Å². The molecule has 3 N–H and O–H groups in total. The van der Waals surface area contributed by atoms with E-state index in [2.05, 4.69) is 30.7 Å². The summed E-state index contributed by atoms with van der Waals surface area (Å²) in [5.74, 6) is -3.93. The number of amides is 10. The van der Waals surface area contributed by atoms with E-state index in [1.807, 2.05) is 32.9 Å². The number of likely N-dealkylation sites (N-methyl/N-ethyl adjacent to an activating group) is 2. The van der Waals surface area contributed by atoms with Gasteiger partial charge in [-0.3, -0.25) is 63.7 Å². The van der Waals surface area contributed by atoms with Gasteiger partial charge in [-0.15, -0.1) is 0 Å². The Balaban J connectivity index is 0.000000203. The maximum atomic E-state index is 13.1. The molecule has 10 amide bonds. The molecule has 2 atom stereocenters. The third-order valence-corrected chi connectivity index (χ3v) is 12.6. The zero-order chi connectivity index (χ0) is 53.5. The second-order valence-corrected chi connectivity index (χ2v) is 20.3. The number of rotatable bonds is 9. The molecule has 73 heavy (non-hydrogen) atoms. The van der Waals surface area contributed by atoms with Crippen LogP contribution in [0.15, 0.2) is 36.4 Å². The zero-order valence-electron chi connectivity index (χ0n) is 42.7. The van der Waals surface area contributed by atoms with Crippen LogP contribution >= 0.6 is 0 Å². The summed E-state index contributed by atoms with van der Waals surface area (Å²) in [6, 6.07) is 8.50. The number of benzene rings is 2. The van der Waals surface area contributed by atoms with Crippen molar-refractivity contribution in [1.82, 2.24) is 40.4 Å². The Morgan fingerprint density at radius 3 is 1.42 bits per heavy atom. The van der Waals surface area contributed by atoms with Crippen molar-refractivity contribution < 1.29 is 62.2 Å². The number of nitrogens with zero attached hydrogens (tertiary/aromatic N) is 7. The minimum Gasteiger partial charge on any atom is -0.444 e. The molecule has 0 radical (unpaired) electrons. The molecular weight excluding hydrogens is 949 g/mol. The molecule has 0 aliphatic carbocycles. The first-order valence-electron chi connectivity index (χ1n) is 24.3. The fourth-order valence-corrected chi connectivity index (χ4v) is 8.71. The Hall–Kier alpha value is -7.27. The van der Waals surface area contributed by atoms with Gasteiger partial charge in [0.2, 0.25) is 23.6 Å². The van der Waals surface area contributed by atoms with E-state index < -0.39 is 70.7 Å². The van der Waals surface area contributed by atoms with Gasteiger partial charge in [0.1, 0.15) is 29.6 Å². The lowest BCUT2D eigenvalue weighted by atomic mass is 10.0. The normalized spacial score (nSPS) is 20.2. The molecule has 4 fully saturated rings. The predicted octanol–water partition coefficient (Wildman–Crippen LogP) is 1.63. The van der Waals surface area contributed by atoms with Gasteiger partial charge in [0.15, 0.2) is 0 Å². The Morgan fingerprint density at radius 2 is 1.01 bits per heavy atom. The molecule has 23 heteroatoms. The van der Waals surface area contributed by atoms with Gasteiger partial charge in [0, 0.05) is 104 Å². The Kier molecular flexibility index (Phi) is 17.4. The van der Waals surface area contributed by atoms with Gasteiger partial charge in [-0.25, -0.2) is 9.59 Å². The van der Waals surface area contributed by atoms with Gasteiger partial charge in [0.25, 0.3) is 23.6 Å². The molecule has 2 unspecified atom stereocenters. The molecule has 394 valence electrons. The molecule has 2 aromatic carbocycles. The van der Waals surface area contributed by atoms with Crippen molar-refractivity contribution in [3.63, 3.8) is 0 Å². The first-order valence-corrected chi connectivity index (χ1v) is 24.3. The molecular formula is C50H66N10O13. The van der Waals surface area contributed by atoms with Crippen LogP contribution in [-0.4, -0.2) is 200 Å². The maximum Gasteiger partial charge on any atom is 0.410 e. The molecule has 8 rings (SSSR count). The highest BCUT2D eigenvalue weighted by atomic mass is 16.6. The monoisotopic (exact) mass is 1010 g/mol. The Bertz CT molecular complexity index is 2520. The van der Waals surface area contributed by atoms with Crippen LogP contribution in [0.4, 0.5) is 21.0 Å². The first kappa shape index (κ1) is 55.1. The summed E-state index contributed by atoms with van der Waals surface area (Å²) in [5, 5.41) is 7.68. The van der Waals surface area contributed by atoms with Crippen LogP contribution < -0.4 is 25.8 Å². The van der Waals surface area contributed by atoms with E-state index in [0.717, 1.165) is 80.1 Å². The van der Waals surface area contributed by atoms with E-state index in [9.17, 15) is 52.7 Å². The summed E-state index contributed by atoms with van der Waals surface area (Å²) < 4.78 is 10.4. The van der Waals surface area contributed by atoms with Crippen molar-refractivity contribution in [3.8, 4) is 0 Å². The number of aldehydes is 1. The average molecular weight is 1020 g/mol. The SMILES string of the molecule is CN(CC=O)C(=O)OC(C)(C)C.CN(CCN1CCN(c2ccc3c(c2)C(=O)N(C2CCC(=O)NC2=O)C3=O)CC1)C(=O)OC(C)(C)C.O=C1CCC(N2C(=O)c3ccc(N4CCNCC4)cc3C2=O)C(=O)N1. The van der Waals surface area contributed by atoms with Crippen molar-refractivity contribution >= 4 is 77.1 Å². The molecule has 0 aromatic heterocycles. The van der Waals surface area contributed by atoms with Gasteiger partial charge in [-0.05, 0) is 90.8 Å². The molecule has 6 aliphatic heterocycles. The molecule has 0 saturated carbocycles. The highest BCUT2D eigenvalue weighted by Crippen LogP contribution is 2.33. The van der Waals surface area contributed by atoms with E-state index in [4.69, 9.17) is 9.47 Å². The van der Waals surface area contributed by atoms with Crippen molar-refractivity contribution in [3.05, 3.63) is 58.7 Å². The summed E-state index contributed by atoms with van der Waals surface area (Å²) in [6.45, 7) is 18.6. The van der Waals surface area contributed by atoms with E-state index in [-0.39, 0.29) is 55.4 Å². The van der Waals surface area contributed by atoms with Gasteiger partial charge in [-0.1, -0.05) is 0 Å². The standard InChI is InChI=1S/C25H33N5O6.C17H18N4O4.C8H15NO3/c1-25(2,3)36-24(35)27(4)9-10-28-11-13-29(14-12-28)16-5-6-17-18(15-16)23(34)30(22(17)33)19-7-8-20(31)26-21(19)32;22-14-4-3-13(15(23)19-14)21-16(24)11-2-1-10(9-12(11)17(21)25)20-7-5-18-6-8-20;1-8(2,3)12-7(11)9(4)5-6-10/h5-6,15,19H,7-14H2,1-4H3,(H,26,31,32);1-2,9,13,18H,3-8H2,(H,19,22,23);6H,5H2,1-4H3. The fraction of sp³-hybridized carbons (Fsp3) is 0.540. The molecule has 6 aliphatic rings. The number of fused-ring (bicyclic) bond motifs is 2. The average Bonchev–Trinajstić information content (AvgIpc) is 3.73. The number of piperidine rings is 2. The second kappa shape index (κ2) is 23.1. The highest BCUT2D eigenvalue weighted by molar-refractivity contribution is 6.24. The maximum absolute atomic E-state index is 13.1. The fourth-order valence-electron chi connectivity index (χ4n) is 8.71. The lowest BCUT2D eigenvalue weighted by Crippen LogP contribution is -2.54. The molecule has 0 bridgehead atoms.